The normalized spacial score (nSPS) is 16.9. The molecule has 0 bridgehead atoms. The van der Waals surface area contributed by atoms with Crippen LogP contribution in [0, 0.1) is 0 Å². The third kappa shape index (κ3) is 6.98. The summed E-state index contributed by atoms with van der Waals surface area (Å²) in [6, 6.07) is 13.4. The van der Waals surface area contributed by atoms with Crippen molar-refractivity contribution in [1.29, 1.82) is 0 Å². The number of oxazole rings is 1. The van der Waals surface area contributed by atoms with Crippen LogP contribution in [-0.4, -0.2) is 57.5 Å². The molecule has 3 N–H and O–H groups in total. The summed E-state index contributed by atoms with van der Waals surface area (Å²) in [6.07, 6.45) is -2.97. The van der Waals surface area contributed by atoms with Gasteiger partial charge in [-0.05, 0) is 69.6 Å². The number of benzene rings is 2. The third-order valence-electron chi connectivity index (χ3n) is 8.39. The lowest BCUT2D eigenvalue weighted by atomic mass is 9.95. The van der Waals surface area contributed by atoms with Gasteiger partial charge in [0.05, 0.1) is 11.3 Å². The first-order valence-corrected chi connectivity index (χ1v) is 15.2. The molecule has 2 aromatic heterocycles. The molecule has 0 spiro atoms. The SMILES string of the molecule is CC(C)(O)c1cc2nc(C3CCN(Cc4ccccc4N4CCC(=O)NC4=O)CC3)oc2cc1NC(=O)c1cccc(C(F)(F)F)n1. The number of alkyl halides is 3. The Labute approximate surface area is 267 Å². The minimum atomic E-state index is -4.71. The number of para-hydroxylation sites is 1. The number of rotatable bonds is 7. The van der Waals surface area contributed by atoms with Crippen LogP contribution < -0.4 is 15.5 Å². The number of imide groups is 1. The Bertz CT molecular complexity index is 1840. The Morgan fingerprint density at radius 3 is 2.49 bits per heavy atom. The van der Waals surface area contributed by atoms with Gasteiger partial charge in [-0.3, -0.25) is 24.7 Å². The maximum absolute atomic E-state index is 13.2. The molecule has 0 saturated carbocycles. The lowest BCUT2D eigenvalue weighted by Crippen LogP contribution is -2.50. The summed E-state index contributed by atoms with van der Waals surface area (Å²) in [7, 11) is 0. The van der Waals surface area contributed by atoms with Gasteiger partial charge in [0.2, 0.25) is 5.91 Å². The van der Waals surface area contributed by atoms with Gasteiger partial charge in [0, 0.05) is 42.7 Å². The van der Waals surface area contributed by atoms with Crippen LogP contribution in [0.3, 0.4) is 0 Å². The molecule has 2 fully saturated rings. The van der Waals surface area contributed by atoms with E-state index in [1.54, 1.807) is 11.0 Å². The molecule has 0 radical (unpaired) electrons. The lowest BCUT2D eigenvalue weighted by Gasteiger charge is -2.33. The monoisotopic (exact) mass is 650 g/mol. The highest BCUT2D eigenvalue weighted by atomic mass is 19.4. The average molecular weight is 651 g/mol. The molecule has 2 aliphatic heterocycles. The summed E-state index contributed by atoms with van der Waals surface area (Å²) in [4.78, 5) is 49.1. The molecular weight excluding hydrogens is 617 g/mol. The van der Waals surface area contributed by atoms with Gasteiger partial charge in [-0.2, -0.15) is 13.2 Å². The maximum atomic E-state index is 13.2. The highest BCUT2D eigenvalue weighted by molar-refractivity contribution is 6.06. The van der Waals surface area contributed by atoms with E-state index in [0.29, 0.717) is 35.6 Å². The molecule has 246 valence electrons. The van der Waals surface area contributed by atoms with Gasteiger partial charge >= 0.3 is 12.2 Å². The Morgan fingerprint density at radius 2 is 1.79 bits per heavy atom. The number of nitrogens with one attached hydrogen (secondary N) is 2. The number of nitrogens with zero attached hydrogens (tertiary/aromatic N) is 4. The van der Waals surface area contributed by atoms with E-state index < -0.39 is 35.1 Å². The van der Waals surface area contributed by atoms with Gasteiger partial charge in [-0.15, -0.1) is 0 Å². The molecule has 2 aliphatic rings. The van der Waals surface area contributed by atoms with E-state index in [1.165, 1.54) is 26.0 Å². The number of hydrogen-bond acceptors (Lipinski definition) is 8. The molecule has 0 unspecified atom stereocenters. The summed E-state index contributed by atoms with van der Waals surface area (Å²) >= 11 is 0. The zero-order valence-electron chi connectivity index (χ0n) is 25.7. The first-order chi connectivity index (χ1) is 22.3. The van der Waals surface area contributed by atoms with Crippen LogP contribution in [0.25, 0.3) is 11.1 Å². The summed E-state index contributed by atoms with van der Waals surface area (Å²) < 4.78 is 45.6. The fourth-order valence-corrected chi connectivity index (χ4v) is 5.96. The second-order valence-electron chi connectivity index (χ2n) is 12.3. The van der Waals surface area contributed by atoms with Gasteiger partial charge in [-0.25, -0.2) is 14.8 Å². The van der Waals surface area contributed by atoms with Crippen molar-refractivity contribution in [3.63, 3.8) is 0 Å². The number of likely N-dealkylation sites (tertiary alicyclic amines) is 1. The van der Waals surface area contributed by atoms with Crippen molar-refractivity contribution in [2.75, 3.05) is 29.9 Å². The van der Waals surface area contributed by atoms with Crippen molar-refractivity contribution in [2.24, 2.45) is 0 Å². The Hall–Kier alpha value is -4.82. The predicted molar refractivity (Wildman–Crippen MR) is 166 cm³/mol. The van der Waals surface area contributed by atoms with Crippen molar-refractivity contribution in [3.8, 4) is 0 Å². The van der Waals surface area contributed by atoms with Crippen LogP contribution in [0.4, 0.5) is 29.3 Å². The maximum Gasteiger partial charge on any atom is 0.433 e. The Balaban J connectivity index is 1.17. The molecule has 2 aromatic carbocycles. The summed E-state index contributed by atoms with van der Waals surface area (Å²) in [5, 5.41) is 15.8. The zero-order valence-corrected chi connectivity index (χ0v) is 25.7. The number of carbonyl (C=O) groups excluding carboxylic acids is 3. The Morgan fingerprint density at radius 1 is 1.04 bits per heavy atom. The second-order valence-corrected chi connectivity index (χ2v) is 12.3. The number of carbonyl (C=O) groups is 3. The number of halogens is 3. The van der Waals surface area contributed by atoms with Crippen molar-refractivity contribution in [2.45, 2.75) is 57.3 Å². The number of pyridine rings is 1. The molecule has 47 heavy (non-hydrogen) atoms. The smallest absolute Gasteiger partial charge is 0.433 e. The number of amides is 4. The van der Waals surface area contributed by atoms with Gasteiger partial charge in [0.1, 0.15) is 16.9 Å². The molecule has 11 nitrogen and oxygen atoms in total. The van der Waals surface area contributed by atoms with E-state index >= 15 is 0 Å². The molecule has 2 saturated heterocycles. The van der Waals surface area contributed by atoms with Gasteiger partial charge in [0.25, 0.3) is 5.91 Å². The third-order valence-corrected chi connectivity index (χ3v) is 8.39. The predicted octanol–water partition coefficient (Wildman–Crippen LogP) is 5.55. The first kappa shape index (κ1) is 32.1. The standard InChI is InChI=1S/C33H33F3N6O5/c1-32(2,46)21-16-24-26(17-23(21)38-29(44)22-7-5-9-27(37-22)33(34,35)36)47-30(39-24)19-10-13-41(14-11-19)18-20-6-3-4-8-25(20)42-15-12-28(43)40-31(42)45/h3-9,16-17,19,46H,10-15,18H2,1-2H3,(H,38,44)(H,40,43,45). The van der Waals surface area contributed by atoms with Crippen LogP contribution in [0.5, 0.6) is 0 Å². The largest absolute Gasteiger partial charge is 0.440 e. The van der Waals surface area contributed by atoms with Crippen LogP contribution in [0.15, 0.2) is 59.0 Å². The second kappa shape index (κ2) is 12.4. The van der Waals surface area contributed by atoms with Crippen LogP contribution >= 0.6 is 0 Å². The molecule has 14 heteroatoms. The van der Waals surface area contributed by atoms with Crippen molar-refractivity contribution >= 4 is 40.3 Å². The van der Waals surface area contributed by atoms with Gasteiger partial charge in [-0.1, -0.05) is 24.3 Å². The number of urea groups is 1. The van der Waals surface area contributed by atoms with Gasteiger partial charge < -0.3 is 14.8 Å². The van der Waals surface area contributed by atoms with E-state index in [9.17, 15) is 32.7 Å². The highest BCUT2D eigenvalue weighted by Gasteiger charge is 2.34. The van der Waals surface area contributed by atoms with Crippen LogP contribution in [0.1, 0.15) is 72.2 Å². The number of anilines is 2. The van der Waals surface area contributed by atoms with Crippen molar-refractivity contribution < 1.29 is 37.1 Å². The highest BCUT2D eigenvalue weighted by Crippen LogP contribution is 2.36. The van der Waals surface area contributed by atoms with E-state index in [0.717, 1.165) is 49.3 Å². The molecule has 4 amide bonds. The number of piperidine rings is 1. The minimum Gasteiger partial charge on any atom is -0.440 e. The average Bonchev–Trinajstić information content (AvgIpc) is 3.44. The fourth-order valence-electron chi connectivity index (χ4n) is 5.96. The molecule has 0 aliphatic carbocycles. The number of fused-ring (bicyclic) bond motifs is 1. The number of aromatic nitrogens is 2. The summed E-state index contributed by atoms with van der Waals surface area (Å²) in [6.45, 7) is 5.47. The molecule has 0 atom stereocenters. The van der Waals surface area contributed by atoms with E-state index in [1.807, 2.05) is 24.3 Å². The topological polar surface area (TPSA) is 141 Å². The minimum absolute atomic E-state index is 0.00529. The van der Waals surface area contributed by atoms with Crippen LogP contribution in [0.2, 0.25) is 0 Å². The van der Waals surface area contributed by atoms with E-state index in [4.69, 9.17) is 9.40 Å². The first-order valence-electron chi connectivity index (χ1n) is 15.2. The number of hydrogen-bond donors (Lipinski definition) is 3. The van der Waals surface area contributed by atoms with Crippen LogP contribution in [-0.2, 0) is 23.1 Å². The summed E-state index contributed by atoms with van der Waals surface area (Å²) in [5.41, 5.74) is 0.0104. The zero-order chi connectivity index (χ0) is 33.5. The van der Waals surface area contributed by atoms with E-state index in [-0.39, 0.29) is 23.9 Å². The molecule has 4 heterocycles. The lowest BCUT2D eigenvalue weighted by molar-refractivity contribution is -0.141. The fraction of sp³-hybridized carbons (Fsp3) is 0.364. The van der Waals surface area contributed by atoms with E-state index in [2.05, 4.69) is 20.5 Å². The van der Waals surface area contributed by atoms with Crippen molar-refractivity contribution in [1.82, 2.24) is 20.2 Å². The Kier molecular flexibility index (Phi) is 8.49. The summed E-state index contributed by atoms with van der Waals surface area (Å²) in [5.74, 6) is -0.635. The van der Waals surface area contributed by atoms with Gasteiger partial charge in [0.15, 0.2) is 11.5 Å². The van der Waals surface area contributed by atoms with Crippen molar-refractivity contribution in [3.05, 3.63) is 83.0 Å². The quantitative estimate of drug-likeness (QED) is 0.237. The molecular formula is C33H33F3N6O5. The molecule has 4 aromatic rings. The molecule has 6 rings (SSSR count). The number of aliphatic hydroxyl groups is 1.